The fourth-order valence-corrected chi connectivity index (χ4v) is 3.58. The van der Waals surface area contributed by atoms with Crippen molar-refractivity contribution in [3.8, 4) is 0 Å². The Labute approximate surface area is 194 Å². The largest absolute Gasteiger partial charge is 0.457 e. The SMILES string of the molecule is O=C(CCC(=O)OCC(=O)c1ccc([N+](=O)[O-])cc1)Nc1ccc(Sc2ccccc2)cc1. The maximum Gasteiger partial charge on any atom is 0.306 e. The first kappa shape index (κ1) is 23.7. The first-order valence-electron chi connectivity index (χ1n) is 9.97. The molecule has 3 aromatic carbocycles. The molecule has 0 atom stereocenters. The quantitative estimate of drug-likeness (QED) is 0.196. The molecule has 3 aromatic rings. The van der Waals surface area contributed by atoms with E-state index in [0.29, 0.717) is 5.69 Å². The van der Waals surface area contributed by atoms with E-state index >= 15 is 0 Å². The van der Waals surface area contributed by atoms with Gasteiger partial charge < -0.3 is 10.1 Å². The molecule has 0 aromatic heterocycles. The topological polar surface area (TPSA) is 116 Å². The highest BCUT2D eigenvalue weighted by molar-refractivity contribution is 7.99. The van der Waals surface area contributed by atoms with Crippen LogP contribution in [-0.2, 0) is 14.3 Å². The molecule has 0 saturated heterocycles. The Balaban J connectivity index is 1.38. The van der Waals surface area contributed by atoms with Gasteiger partial charge in [0.1, 0.15) is 0 Å². The molecule has 0 bridgehead atoms. The van der Waals surface area contributed by atoms with Crippen LogP contribution in [0.2, 0.25) is 0 Å². The van der Waals surface area contributed by atoms with Gasteiger partial charge in [-0.3, -0.25) is 24.5 Å². The highest BCUT2D eigenvalue weighted by atomic mass is 32.2. The van der Waals surface area contributed by atoms with Crippen LogP contribution in [-0.4, -0.2) is 29.2 Å². The lowest BCUT2D eigenvalue weighted by Gasteiger charge is -2.07. The third-order valence-corrected chi connectivity index (χ3v) is 5.45. The summed E-state index contributed by atoms with van der Waals surface area (Å²) in [6, 6.07) is 22.3. The lowest BCUT2D eigenvalue weighted by Crippen LogP contribution is -2.17. The highest BCUT2D eigenvalue weighted by Crippen LogP contribution is 2.28. The van der Waals surface area contributed by atoms with E-state index in [1.807, 2.05) is 42.5 Å². The van der Waals surface area contributed by atoms with Crippen LogP contribution in [0.15, 0.2) is 88.7 Å². The van der Waals surface area contributed by atoms with Crippen molar-refractivity contribution in [1.29, 1.82) is 0 Å². The summed E-state index contributed by atoms with van der Waals surface area (Å²) in [7, 11) is 0. The van der Waals surface area contributed by atoms with Gasteiger partial charge in [-0.05, 0) is 48.5 Å². The normalized spacial score (nSPS) is 10.3. The van der Waals surface area contributed by atoms with Gasteiger partial charge in [0.05, 0.1) is 11.3 Å². The third-order valence-electron chi connectivity index (χ3n) is 4.44. The number of Topliss-reactive ketones (excluding diaryl/α,β-unsaturated/α-hetero) is 1. The Hall–Kier alpha value is -3.98. The predicted octanol–water partition coefficient (Wildman–Crippen LogP) is 4.89. The molecule has 1 N–H and O–H groups in total. The minimum absolute atomic E-state index is 0.0922. The molecule has 168 valence electrons. The Morgan fingerprint density at radius 3 is 2.12 bits per heavy atom. The predicted molar refractivity (Wildman–Crippen MR) is 123 cm³/mol. The Morgan fingerprint density at radius 1 is 0.848 bits per heavy atom. The summed E-state index contributed by atoms with van der Waals surface area (Å²) in [6.07, 6.45) is -0.271. The number of benzene rings is 3. The number of non-ortho nitro benzene ring substituents is 1. The van der Waals surface area contributed by atoms with Crippen LogP contribution in [0, 0.1) is 10.1 Å². The summed E-state index contributed by atoms with van der Waals surface area (Å²) < 4.78 is 4.90. The number of ether oxygens (including phenoxy) is 1. The van der Waals surface area contributed by atoms with Crippen LogP contribution >= 0.6 is 11.8 Å². The zero-order chi connectivity index (χ0) is 23.6. The zero-order valence-corrected chi connectivity index (χ0v) is 18.2. The van der Waals surface area contributed by atoms with E-state index in [4.69, 9.17) is 4.74 Å². The number of nitro benzene ring substituents is 1. The molecular formula is C24H20N2O6S. The molecule has 0 aliphatic rings. The molecule has 33 heavy (non-hydrogen) atoms. The average molecular weight is 464 g/mol. The van der Waals surface area contributed by atoms with E-state index in [2.05, 4.69) is 5.32 Å². The number of amides is 1. The Morgan fingerprint density at radius 2 is 1.48 bits per heavy atom. The molecule has 0 aliphatic carbocycles. The van der Waals surface area contributed by atoms with Gasteiger partial charge >= 0.3 is 5.97 Å². The monoisotopic (exact) mass is 464 g/mol. The fraction of sp³-hybridized carbons (Fsp3) is 0.125. The van der Waals surface area contributed by atoms with Crippen LogP contribution < -0.4 is 5.32 Å². The summed E-state index contributed by atoms with van der Waals surface area (Å²) in [5.41, 5.74) is 0.665. The van der Waals surface area contributed by atoms with Crippen LogP contribution in [0.4, 0.5) is 11.4 Å². The average Bonchev–Trinajstić information content (AvgIpc) is 2.83. The van der Waals surface area contributed by atoms with Gasteiger partial charge in [0.2, 0.25) is 5.91 Å². The maximum atomic E-state index is 12.1. The van der Waals surface area contributed by atoms with E-state index in [1.54, 1.807) is 23.9 Å². The van der Waals surface area contributed by atoms with Crippen LogP contribution in [0.25, 0.3) is 0 Å². The first-order valence-corrected chi connectivity index (χ1v) is 10.8. The second-order valence-corrected chi connectivity index (χ2v) is 8.02. The van der Waals surface area contributed by atoms with E-state index in [-0.39, 0.29) is 30.0 Å². The second kappa shape index (κ2) is 11.6. The number of anilines is 1. The molecule has 0 fully saturated rings. The van der Waals surface area contributed by atoms with Gasteiger partial charge in [0, 0.05) is 39.6 Å². The molecule has 1 amide bonds. The number of hydrogen-bond donors (Lipinski definition) is 1. The summed E-state index contributed by atoms with van der Waals surface area (Å²) in [5.74, 6) is -1.52. The second-order valence-electron chi connectivity index (χ2n) is 6.88. The molecular weight excluding hydrogens is 444 g/mol. The number of nitro groups is 1. The fourth-order valence-electron chi connectivity index (χ4n) is 2.74. The van der Waals surface area contributed by atoms with E-state index in [1.165, 1.54) is 24.3 Å². The number of carbonyl (C=O) groups excluding carboxylic acids is 3. The van der Waals surface area contributed by atoms with Crippen molar-refractivity contribution in [3.63, 3.8) is 0 Å². The van der Waals surface area contributed by atoms with Crippen LogP contribution in [0.3, 0.4) is 0 Å². The van der Waals surface area contributed by atoms with Gasteiger partial charge in [0.25, 0.3) is 5.69 Å². The molecule has 0 saturated carbocycles. The number of hydrogen-bond acceptors (Lipinski definition) is 7. The standard InChI is InChI=1S/C24H20N2O6S/c27-22(17-6-10-19(11-7-17)26(30)31)16-32-24(29)15-14-23(28)25-18-8-12-21(13-9-18)33-20-4-2-1-3-5-20/h1-13H,14-16H2,(H,25,28). The lowest BCUT2D eigenvalue weighted by atomic mass is 10.1. The number of ketones is 1. The molecule has 0 radical (unpaired) electrons. The van der Waals surface area contributed by atoms with Crippen molar-refractivity contribution in [3.05, 3.63) is 94.5 Å². The van der Waals surface area contributed by atoms with Gasteiger partial charge in [-0.15, -0.1) is 0 Å². The van der Waals surface area contributed by atoms with Crippen molar-refractivity contribution >= 4 is 40.8 Å². The van der Waals surface area contributed by atoms with Gasteiger partial charge in [-0.25, -0.2) is 0 Å². The molecule has 8 nitrogen and oxygen atoms in total. The van der Waals surface area contributed by atoms with Crippen molar-refractivity contribution < 1.29 is 24.0 Å². The molecule has 0 aliphatic heterocycles. The van der Waals surface area contributed by atoms with Crippen molar-refractivity contribution in [2.75, 3.05) is 11.9 Å². The van der Waals surface area contributed by atoms with Crippen molar-refractivity contribution in [1.82, 2.24) is 0 Å². The molecule has 0 spiro atoms. The first-order chi connectivity index (χ1) is 15.9. The third kappa shape index (κ3) is 7.58. The Bertz CT molecular complexity index is 1130. The van der Waals surface area contributed by atoms with Gasteiger partial charge in [-0.1, -0.05) is 30.0 Å². The van der Waals surface area contributed by atoms with Gasteiger partial charge in [-0.2, -0.15) is 0 Å². The van der Waals surface area contributed by atoms with E-state index < -0.39 is 23.3 Å². The number of nitrogens with one attached hydrogen (secondary N) is 1. The molecule has 3 rings (SSSR count). The summed E-state index contributed by atoms with van der Waals surface area (Å²) in [6.45, 7) is -0.501. The zero-order valence-electron chi connectivity index (χ0n) is 17.4. The molecule has 0 heterocycles. The summed E-state index contributed by atoms with van der Waals surface area (Å²) in [4.78, 5) is 48.2. The van der Waals surface area contributed by atoms with Gasteiger partial charge in [0.15, 0.2) is 12.4 Å². The lowest BCUT2D eigenvalue weighted by molar-refractivity contribution is -0.384. The minimum Gasteiger partial charge on any atom is -0.457 e. The number of esters is 1. The summed E-state index contributed by atoms with van der Waals surface area (Å²) in [5, 5.41) is 13.4. The molecule has 9 heteroatoms. The maximum absolute atomic E-state index is 12.1. The summed E-state index contributed by atoms with van der Waals surface area (Å²) >= 11 is 1.61. The van der Waals surface area contributed by atoms with Crippen molar-refractivity contribution in [2.45, 2.75) is 22.6 Å². The van der Waals surface area contributed by atoms with Crippen molar-refractivity contribution in [2.24, 2.45) is 0 Å². The number of carbonyl (C=O) groups is 3. The molecule has 0 unspecified atom stereocenters. The van der Waals surface area contributed by atoms with E-state index in [0.717, 1.165) is 9.79 Å². The Kier molecular flexibility index (Phi) is 8.31. The smallest absolute Gasteiger partial charge is 0.306 e. The van der Waals surface area contributed by atoms with Crippen LogP contribution in [0.1, 0.15) is 23.2 Å². The van der Waals surface area contributed by atoms with Crippen LogP contribution in [0.5, 0.6) is 0 Å². The van der Waals surface area contributed by atoms with E-state index in [9.17, 15) is 24.5 Å². The number of nitrogens with zero attached hydrogens (tertiary/aromatic N) is 1. The highest BCUT2D eigenvalue weighted by Gasteiger charge is 2.13. The minimum atomic E-state index is -0.685. The number of rotatable bonds is 10.